The molecule has 0 saturated heterocycles. The number of nitrogens with one attached hydrogen (secondary N) is 1. The molecule has 2 aromatic carbocycles. The number of benzene rings is 2. The van der Waals surface area contributed by atoms with E-state index in [1.165, 1.54) is 16.7 Å². The second kappa shape index (κ2) is 6.53. The summed E-state index contributed by atoms with van der Waals surface area (Å²) < 4.78 is 5.47. The first kappa shape index (κ1) is 16.3. The number of nitrogens with two attached hydrogens (primary N) is 1. The number of rotatable bonds is 3. The smallest absolute Gasteiger partial charge is 0.152 e. The Morgan fingerprint density at radius 3 is 2.42 bits per heavy atom. The minimum atomic E-state index is 0.534. The maximum Gasteiger partial charge on any atom is 0.152 e. The van der Waals surface area contributed by atoms with E-state index in [2.05, 4.69) is 38.2 Å². The van der Waals surface area contributed by atoms with Crippen molar-refractivity contribution < 1.29 is 9.57 Å². The van der Waals surface area contributed by atoms with Gasteiger partial charge in [-0.25, -0.2) is 4.99 Å². The van der Waals surface area contributed by atoms with Crippen molar-refractivity contribution >= 4 is 11.5 Å². The summed E-state index contributed by atoms with van der Waals surface area (Å²) in [6, 6.07) is 7.97. The summed E-state index contributed by atoms with van der Waals surface area (Å²) in [5.41, 5.74) is 6.80. The molecule has 1 aliphatic rings. The molecule has 1 aliphatic heterocycles. The van der Waals surface area contributed by atoms with Gasteiger partial charge in [-0.3, -0.25) is 0 Å². The lowest BCUT2D eigenvalue weighted by atomic mass is 10.00. The number of nitrogens with zero attached hydrogens (tertiary/aromatic N) is 1. The average molecular weight is 325 g/mol. The molecule has 0 saturated carbocycles. The van der Waals surface area contributed by atoms with Crippen molar-refractivity contribution in [2.45, 2.75) is 27.2 Å². The van der Waals surface area contributed by atoms with Gasteiger partial charge in [-0.1, -0.05) is 0 Å². The molecule has 0 aliphatic carbocycles. The van der Waals surface area contributed by atoms with E-state index in [9.17, 15) is 0 Å². The van der Waals surface area contributed by atoms with Crippen LogP contribution >= 0.6 is 0 Å². The van der Waals surface area contributed by atoms with E-state index in [1.807, 2.05) is 6.07 Å². The van der Waals surface area contributed by atoms with Gasteiger partial charge < -0.3 is 14.9 Å². The Morgan fingerprint density at radius 1 is 1.08 bits per heavy atom. The molecule has 126 valence electrons. The van der Waals surface area contributed by atoms with Crippen LogP contribution in [0.3, 0.4) is 0 Å². The van der Waals surface area contributed by atoms with Gasteiger partial charge >= 0.3 is 0 Å². The van der Waals surface area contributed by atoms with Crippen molar-refractivity contribution in [3.8, 4) is 11.5 Å². The molecule has 0 unspecified atom stereocenters. The second-order valence-electron chi connectivity index (χ2n) is 6.11. The Kier molecular flexibility index (Phi) is 4.44. The summed E-state index contributed by atoms with van der Waals surface area (Å²) in [6.07, 6.45) is 0.820. The summed E-state index contributed by atoms with van der Waals surface area (Å²) in [5.74, 6) is 7.47. The lowest BCUT2D eigenvalue weighted by Crippen LogP contribution is -2.25. The van der Waals surface area contributed by atoms with Crippen molar-refractivity contribution in [3.63, 3.8) is 0 Å². The summed E-state index contributed by atoms with van der Waals surface area (Å²) in [7, 11) is 1.64. The summed E-state index contributed by atoms with van der Waals surface area (Å²) in [4.78, 5) is 9.72. The van der Waals surface area contributed by atoms with Crippen molar-refractivity contribution in [2.24, 2.45) is 10.9 Å². The lowest BCUT2D eigenvalue weighted by molar-refractivity contribution is 0.330. The summed E-state index contributed by atoms with van der Waals surface area (Å²) in [5, 5.41) is 3.43. The van der Waals surface area contributed by atoms with Gasteiger partial charge in [-0.2, -0.15) is 5.90 Å². The number of aliphatic imine (C=N–C) groups is 1. The van der Waals surface area contributed by atoms with Crippen LogP contribution < -0.4 is 20.8 Å². The molecule has 3 N–H and O–H groups in total. The topological polar surface area (TPSA) is 68.9 Å². The minimum absolute atomic E-state index is 0.534. The highest BCUT2D eigenvalue weighted by molar-refractivity contribution is 6.01. The Bertz CT molecular complexity index is 789. The molecule has 0 amide bonds. The van der Waals surface area contributed by atoms with E-state index < -0.39 is 0 Å². The molecule has 2 aromatic rings. The van der Waals surface area contributed by atoms with E-state index >= 15 is 0 Å². The Hall–Kier alpha value is -2.53. The first-order valence-electron chi connectivity index (χ1n) is 8.02. The predicted molar refractivity (Wildman–Crippen MR) is 96.4 cm³/mol. The predicted octanol–water partition coefficient (Wildman–Crippen LogP) is 3.10. The van der Waals surface area contributed by atoms with Gasteiger partial charge in [-0.15, -0.1) is 0 Å². The third kappa shape index (κ3) is 2.95. The quantitative estimate of drug-likeness (QED) is 0.851. The van der Waals surface area contributed by atoms with Crippen LogP contribution in [-0.2, 0) is 6.42 Å². The molecule has 0 aromatic heterocycles. The highest BCUT2D eigenvalue weighted by Gasteiger charge is 2.17. The number of hydrogen-bond acceptors (Lipinski definition) is 5. The monoisotopic (exact) mass is 325 g/mol. The van der Waals surface area contributed by atoms with Crippen LogP contribution in [0.15, 0.2) is 29.3 Å². The van der Waals surface area contributed by atoms with Crippen LogP contribution in [0.2, 0.25) is 0 Å². The maximum atomic E-state index is 5.47. The Morgan fingerprint density at radius 2 is 1.79 bits per heavy atom. The number of ether oxygens (including phenoxy) is 1. The molecule has 0 spiro atoms. The van der Waals surface area contributed by atoms with Crippen molar-refractivity contribution in [2.75, 3.05) is 13.7 Å². The van der Waals surface area contributed by atoms with Gasteiger partial charge in [0.15, 0.2) is 5.75 Å². The zero-order valence-corrected chi connectivity index (χ0v) is 14.6. The minimum Gasteiger partial charge on any atom is -0.496 e. The van der Waals surface area contributed by atoms with E-state index in [-0.39, 0.29) is 0 Å². The van der Waals surface area contributed by atoms with Gasteiger partial charge in [0.1, 0.15) is 11.6 Å². The molecule has 24 heavy (non-hydrogen) atoms. The summed E-state index contributed by atoms with van der Waals surface area (Å²) in [6.45, 7) is 7.18. The largest absolute Gasteiger partial charge is 0.496 e. The van der Waals surface area contributed by atoms with Crippen molar-refractivity contribution in [1.82, 2.24) is 5.32 Å². The zero-order valence-electron chi connectivity index (χ0n) is 14.6. The third-order valence-electron chi connectivity index (χ3n) is 4.62. The SMILES string of the molecule is COc1cc(ON)cc2c1CCNC(c1cc(C)c(C)c(C)c1)=N2. The highest BCUT2D eigenvalue weighted by atomic mass is 16.6. The molecule has 0 fully saturated rings. The molecule has 0 bridgehead atoms. The fourth-order valence-electron chi connectivity index (χ4n) is 3.01. The van der Waals surface area contributed by atoms with Crippen molar-refractivity contribution in [3.05, 3.63) is 52.1 Å². The van der Waals surface area contributed by atoms with Gasteiger partial charge in [0.2, 0.25) is 0 Å². The molecule has 0 atom stereocenters. The van der Waals surface area contributed by atoms with Crippen molar-refractivity contribution in [1.29, 1.82) is 0 Å². The number of fused-ring (bicyclic) bond motifs is 1. The number of amidine groups is 1. The Balaban J connectivity index is 2.13. The van der Waals surface area contributed by atoms with Gasteiger partial charge in [0.05, 0.1) is 12.8 Å². The first-order valence-corrected chi connectivity index (χ1v) is 8.02. The molecule has 5 nitrogen and oxygen atoms in total. The normalized spacial score (nSPS) is 13.5. The lowest BCUT2D eigenvalue weighted by Gasteiger charge is -2.12. The highest BCUT2D eigenvalue weighted by Crippen LogP contribution is 2.35. The maximum absolute atomic E-state index is 5.47. The van der Waals surface area contributed by atoms with Crippen LogP contribution in [0, 0.1) is 20.8 Å². The van der Waals surface area contributed by atoms with Gasteiger partial charge in [-0.05, 0) is 56.0 Å². The van der Waals surface area contributed by atoms with Crippen LogP contribution in [-0.4, -0.2) is 19.5 Å². The van der Waals surface area contributed by atoms with Crippen LogP contribution in [0.1, 0.15) is 27.8 Å². The molecule has 5 heteroatoms. The fraction of sp³-hybridized carbons (Fsp3) is 0.316. The molecule has 3 rings (SSSR count). The molecular weight excluding hydrogens is 302 g/mol. The number of methoxy groups -OCH3 is 1. The fourth-order valence-corrected chi connectivity index (χ4v) is 3.01. The molecule has 0 radical (unpaired) electrons. The first-order chi connectivity index (χ1) is 11.5. The Labute approximate surface area is 142 Å². The van der Waals surface area contributed by atoms with Crippen LogP contribution in [0.25, 0.3) is 0 Å². The van der Waals surface area contributed by atoms with Gasteiger partial charge in [0.25, 0.3) is 0 Å². The zero-order chi connectivity index (χ0) is 17.3. The van der Waals surface area contributed by atoms with Crippen LogP contribution in [0.5, 0.6) is 11.5 Å². The average Bonchev–Trinajstić information content (AvgIpc) is 2.80. The number of hydrogen-bond donors (Lipinski definition) is 2. The van der Waals surface area contributed by atoms with E-state index in [4.69, 9.17) is 20.5 Å². The molecule has 1 heterocycles. The number of aryl methyl sites for hydroxylation is 2. The summed E-state index contributed by atoms with van der Waals surface area (Å²) >= 11 is 0. The second-order valence-corrected chi connectivity index (χ2v) is 6.11. The van der Waals surface area contributed by atoms with E-state index in [0.717, 1.165) is 41.4 Å². The molecular formula is C19H23N3O2. The standard InChI is InChI=1S/C19H23N3O2/c1-11-7-14(8-12(2)13(11)3)19-21-6-5-16-17(22-19)9-15(24-20)10-18(16)23-4/h7-10H,5-6,20H2,1-4H3,(H,21,22). The third-order valence-corrected chi connectivity index (χ3v) is 4.62. The van der Waals surface area contributed by atoms with E-state index in [1.54, 1.807) is 13.2 Å². The van der Waals surface area contributed by atoms with Crippen LogP contribution in [0.4, 0.5) is 5.69 Å². The van der Waals surface area contributed by atoms with Gasteiger partial charge in [0, 0.05) is 29.8 Å². The van der Waals surface area contributed by atoms with E-state index in [0.29, 0.717) is 5.75 Å².